The van der Waals surface area contributed by atoms with Gasteiger partial charge in [0.2, 0.25) is 0 Å². The number of benzene rings is 1. The van der Waals surface area contributed by atoms with Crippen LogP contribution in [0, 0.1) is 6.92 Å². The molecule has 0 aliphatic heterocycles. The third kappa shape index (κ3) is 6.39. The van der Waals surface area contributed by atoms with E-state index in [1.165, 1.54) is 4.90 Å². The van der Waals surface area contributed by atoms with E-state index >= 15 is 0 Å². The van der Waals surface area contributed by atoms with Gasteiger partial charge >= 0.3 is 12.0 Å². The smallest absolute Gasteiger partial charge is 0.321 e. The van der Waals surface area contributed by atoms with Crippen molar-refractivity contribution in [1.82, 2.24) is 4.90 Å². The molecule has 0 bridgehead atoms. The van der Waals surface area contributed by atoms with Crippen LogP contribution < -0.4 is 5.32 Å². The number of hydrogen-bond acceptors (Lipinski definition) is 3. The Morgan fingerprint density at radius 2 is 1.95 bits per heavy atom. The van der Waals surface area contributed by atoms with Crippen LogP contribution in [0.15, 0.2) is 23.1 Å². The minimum atomic E-state index is -0.917. The van der Waals surface area contributed by atoms with Gasteiger partial charge in [-0.05, 0) is 30.7 Å². The maximum Gasteiger partial charge on any atom is 0.321 e. The number of hydrogen-bond donors (Lipinski definition) is 2. The van der Waals surface area contributed by atoms with E-state index in [4.69, 9.17) is 5.11 Å². The third-order valence-corrected chi connectivity index (χ3v) is 3.97. The summed E-state index contributed by atoms with van der Waals surface area (Å²) in [6.45, 7) is 8.58. The predicted octanol–water partition coefficient (Wildman–Crippen LogP) is 3.82. The summed E-state index contributed by atoms with van der Waals surface area (Å²) in [4.78, 5) is 25.1. The fraction of sp³-hybridized carbons (Fsp3) is 0.500. The molecule has 0 atom stereocenters. The van der Waals surface area contributed by atoms with E-state index in [9.17, 15) is 9.59 Å². The molecule has 2 N–H and O–H groups in total. The average Bonchev–Trinajstić information content (AvgIpc) is 2.37. The molecule has 5 nitrogen and oxygen atoms in total. The van der Waals surface area contributed by atoms with Gasteiger partial charge < -0.3 is 15.3 Å². The number of aliphatic carboxylic acids is 1. The molecule has 22 heavy (non-hydrogen) atoms. The Labute approximate surface area is 136 Å². The van der Waals surface area contributed by atoms with Crippen LogP contribution in [0.1, 0.15) is 32.8 Å². The first-order chi connectivity index (χ1) is 10.1. The standard InChI is InChI=1S/C16H24N2O3S/c1-11-10-12(22-16(2,3)4)6-7-13(11)17-15(21)18(5)9-8-14(19)20/h6-7,10H,8-9H2,1-5H3,(H,17,21)(H,19,20). The Balaban J connectivity index is 2.70. The summed E-state index contributed by atoms with van der Waals surface area (Å²) in [5.74, 6) is -0.917. The van der Waals surface area contributed by atoms with Crippen molar-refractivity contribution in [2.45, 2.75) is 43.8 Å². The highest BCUT2D eigenvalue weighted by atomic mass is 32.2. The summed E-state index contributed by atoms with van der Waals surface area (Å²) in [5.41, 5.74) is 1.72. The zero-order valence-corrected chi connectivity index (χ0v) is 14.6. The van der Waals surface area contributed by atoms with Gasteiger partial charge in [-0.1, -0.05) is 20.8 Å². The molecule has 0 aromatic heterocycles. The van der Waals surface area contributed by atoms with Gasteiger partial charge in [-0.2, -0.15) is 0 Å². The lowest BCUT2D eigenvalue weighted by Crippen LogP contribution is -2.33. The second kappa shape index (κ2) is 7.54. The molecular formula is C16H24N2O3S. The number of carboxylic acid groups (broad SMARTS) is 1. The quantitative estimate of drug-likeness (QED) is 0.808. The molecule has 1 aromatic carbocycles. The number of thioether (sulfide) groups is 1. The second-order valence-corrected chi connectivity index (χ2v) is 8.09. The lowest BCUT2D eigenvalue weighted by Gasteiger charge is -2.20. The number of carboxylic acids is 1. The number of aryl methyl sites for hydroxylation is 1. The summed E-state index contributed by atoms with van der Waals surface area (Å²) in [6, 6.07) is 5.60. The summed E-state index contributed by atoms with van der Waals surface area (Å²) in [6.07, 6.45) is -0.0654. The normalized spacial score (nSPS) is 11.1. The van der Waals surface area contributed by atoms with Crippen LogP contribution in [0.4, 0.5) is 10.5 Å². The third-order valence-electron chi connectivity index (χ3n) is 2.87. The van der Waals surface area contributed by atoms with Crippen molar-refractivity contribution in [1.29, 1.82) is 0 Å². The van der Waals surface area contributed by atoms with E-state index in [1.807, 2.05) is 25.1 Å². The zero-order chi connectivity index (χ0) is 16.9. The Kier molecular flexibility index (Phi) is 6.29. The molecule has 0 radical (unpaired) electrons. The number of nitrogens with zero attached hydrogens (tertiary/aromatic N) is 1. The SMILES string of the molecule is Cc1cc(SC(C)(C)C)ccc1NC(=O)N(C)CCC(=O)O. The van der Waals surface area contributed by atoms with E-state index in [1.54, 1.807) is 18.8 Å². The van der Waals surface area contributed by atoms with Crippen molar-refractivity contribution < 1.29 is 14.7 Å². The molecule has 0 spiro atoms. The highest BCUT2D eigenvalue weighted by Crippen LogP contribution is 2.33. The molecule has 0 aliphatic rings. The van der Waals surface area contributed by atoms with Gasteiger partial charge in [0, 0.05) is 28.9 Å². The topological polar surface area (TPSA) is 69.6 Å². The molecular weight excluding hydrogens is 300 g/mol. The van der Waals surface area contributed by atoms with Gasteiger partial charge in [0.05, 0.1) is 6.42 Å². The summed E-state index contributed by atoms with van der Waals surface area (Å²) < 4.78 is 0.133. The lowest BCUT2D eigenvalue weighted by atomic mass is 10.2. The van der Waals surface area contributed by atoms with Crippen LogP contribution >= 0.6 is 11.8 Å². The van der Waals surface area contributed by atoms with E-state index in [0.717, 1.165) is 16.1 Å². The summed E-state index contributed by atoms with van der Waals surface area (Å²) in [5, 5.41) is 11.4. The molecule has 1 aromatic rings. The molecule has 0 fully saturated rings. The van der Waals surface area contributed by atoms with E-state index in [0.29, 0.717) is 0 Å². The summed E-state index contributed by atoms with van der Waals surface area (Å²) in [7, 11) is 1.58. The number of rotatable bonds is 5. The van der Waals surface area contributed by atoms with Crippen LogP contribution in [0.25, 0.3) is 0 Å². The first-order valence-electron chi connectivity index (χ1n) is 7.12. The number of anilines is 1. The molecule has 1 rings (SSSR count). The molecule has 2 amide bonds. The minimum Gasteiger partial charge on any atom is -0.481 e. The maximum absolute atomic E-state index is 12.0. The number of nitrogens with one attached hydrogen (secondary N) is 1. The number of urea groups is 1. The average molecular weight is 324 g/mol. The Hall–Kier alpha value is -1.69. The monoisotopic (exact) mass is 324 g/mol. The van der Waals surface area contributed by atoms with Crippen molar-refractivity contribution in [3.8, 4) is 0 Å². The van der Waals surface area contributed by atoms with Crippen molar-refractivity contribution in [2.24, 2.45) is 0 Å². The molecule has 6 heteroatoms. The fourth-order valence-corrected chi connectivity index (χ4v) is 2.85. The van der Waals surface area contributed by atoms with Gasteiger partial charge in [-0.3, -0.25) is 4.79 Å². The lowest BCUT2D eigenvalue weighted by molar-refractivity contribution is -0.137. The molecule has 0 heterocycles. The first kappa shape index (κ1) is 18.4. The zero-order valence-electron chi connectivity index (χ0n) is 13.8. The van der Waals surface area contributed by atoms with Gasteiger partial charge in [0.1, 0.15) is 0 Å². The minimum absolute atomic E-state index is 0.0654. The highest BCUT2D eigenvalue weighted by molar-refractivity contribution is 8.00. The van der Waals surface area contributed by atoms with Crippen LogP contribution in [-0.4, -0.2) is 40.3 Å². The first-order valence-corrected chi connectivity index (χ1v) is 7.94. The number of carbonyl (C=O) groups excluding carboxylic acids is 1. The van der Waals surface area contributed by atoms with Gasteiger partial charge in [0.25, 0.3) is 0 Å². The molecule has 122 valence electrons. The van der Waals surface area contributed by atoms with Crippen molar-refractivity contribution in [3.63, 3.8) is 0 Å². The van der Waals surface area contributed by atoms with Crippen LogP contribution in [0.5, 0.6) is 0 Å². The fourth-order valence-electron chi connectivity index (χ4n) is 1.77. The predicted molar refractivity (Wildman–Crippen MR) is 90.7 cm³/mol. The molecule has 0 saturated heterocycles. The maximum atomic E-state index is 12.0. The Morgan fingerprint density at radius 1 is 1.32 bits per heavy atom. The largest absolute Gasteiger partial charge is 0.481 e. The van der Waals surface area contributed by atoms with Crippen LogP contribution in [0.3, 0.4) is 0 Å². The van der Waals surface area contributed by atoms with Crippen LogP contribution in [0.2, 0.25) is 0 Å². The van der Waals surface area contributed by atoms with Crippen LogP contribution in [-0.2, 0) is 4.79 Å². The van der Waals surface area contributed by atoms with Crippen molar-refractivity contribution in [3.05, 3.63) is 23.8 Å². The van der Waals surface area contributed by atoms with Crippen molar-refractivity contribution in [2.75, 3.05) is 18.9 Å². The van der Waals surface area contributed by atoms with Gasteiger partial charge in [0.15, 0.2) is 0 Å². The molecule has 0 saturated carbocycles. The molecule has 0 unspecified atom stereocenters. The molecule has 0 aliphatic carbocycles. The Morgan fingerprint density at radius 3 is 2.45 bits per heavy atom. The number of carbonyl (C=O) groups is 2. The van der Waals surface area contributed by atoms with E-state index in [2.05, 4.69) is 26.1 Å². The van der Waals surface area contributed by atoms with Gasteiger partial charge in [-0.25, -0.2) is 4.79 Å². The van der Waals surface area contributed by atoms with E-state index in [-0.39, 0.29) is 23.7 Å². The van der Waals surface area contributed by atoms with E-state index < -0.39 is 5.97 Å². The summed E-state index contributed by atoms with van der Waals surface area (Å²) >= 11 is 1.77. The van der Waals surface area contributed by atoms with Gasteiger partial charge in [-0.15, -0.1) is 11.8 Å². The van der Waals surface area contributed by atoms with Crippen molar-refractivity contribution >= 4 is 29.4 Å². The second-order valence-electron chi connectivity index (χ2n) is 6.19. The number of amides is 2. The Bertz CT molecular complexity index is 553. The highest BCUT2D eigenvalue weighted by Gasteiger charge is 2.14.